The number of anilines is 1. The fourth-order valence-electron chi connectivity index (χ4n) is 1.16. The van der Waals surface area contributed by atoms with Gasteiger partial charge in [-0.3, -0.25) is 0 Å². The highest BCUT2D eigenvalue weighted by Crippen LogP contribution is 2.16. The molecule has 0 saturated carbocycles. The number of aliphatic hydroxyl groups excluding tert-OH is 3. The second-order valence-electron chi connectivity index (χ2n) is 4.26. The van der Waals surface area contributed by atoms with Crippen LogP contribution in [0.3, 0.4) is 0 Å². The molecule has 9 heteroatoms. The molecule has 1 heterocycles. The smallest absolute Gasteiger partial charge is 0.322 e. The molecule has 1 aromatic heterocycles. The zero-order valence-corrected chi connectivity index (χ0v) is 11.4. The minimum Gasteiger partial charge on any atom is -0.461 e. The molecule has 0 aliphatic rings. The number of nitrogens with zero attached hydrogens (tertiary/aromatic N) is 3. The van der Waals surface area contributed by atoms with Gasteiger partial charge in [0.25, 0.3) is 0 Å². The second-order valence-corrected chi connectivity index (χ2v) is 4.59. The van der Waals surface area contributed by atoms with Gasteiger partial charge in [0.1, 0.15) is 5.54 Å². The van der Waals surface area contributed by atoms with E-state index in [1.807, 2.05) is 0 Å². The molecule has 0 saturated heterocycles. The summed E-state index contributed by atoms with van der Waals surface area (Å²) in [5.41, 5.74) is -1.35. The molecule has 19 heavy (non-hydrogen) atoms. The van der Waals surface area contributed by atoms with Crippen molar-refractivity contribution >= 4 is 17.5 Å². The Kier molecular flexibility index (Phi) is 5.67. The molecule has 108 valence electrons. The van der Waals surface area contributed by atoms with Crippen molar-refractivity contribution in [2.75, 3.05) is 25.1 Å². The molecular formula is C10H17ClN4O4. The van der Waals surface area contributed by atoms with Crippen LogP contribution in [0, 0.1) is 0 Å². The van der Waals surface area contributed by atoms with Gasteiger partial charge in [-0.2, -0.15) is 15.0 Å². The molecule has 0 fully saturated rings. The topological polar surface area (TPSA) is 121 Å². The lowest BCUT2D eigenvalue weighted by Crippen LogP contribution is -2.49. The van der Waals surface area contributed by atoms with Gasteiger partial charge in [0, 0.05) is 0 Å². The molecule has 0 radical (unpaired) electrons. The van der Waals surface area contributed by atoms with Crippen molar-refractivity contribution < 1.29 is 20.1 Å². The highest BCUT2D eigenvalue weighted by atomic mass is 35.5. The highest BCUT2D eigenvalue weighted by molar-refractivity contribution is 6.28. The Morgan fingerprint density at radius 3 is 2.21 bits per heavy atom. The summed E-state index contributed by atoms with van der Waals surface area (Å²) in [6, 6.07) is 0.0141. The summed E-state index contributed by atoms with van der Waals surface area (Å²) in [5.74, 6) is -0.00667. The Balaban J connectivity index is 2.97. The van der Waals surface area contributed by atoms with E-state index in [0.29, 0.717) is 0 Å². The number of hydrogen-bond donors (Lipinski definition) is 4. The van der Waals surface area contributed by atoms with Crippen LogP contribution in [0.2, 0.25) is 5.28 Å². The van der Waals surface area contributed by atoms with E-state index in [0.717, 1.165) is 0 Å². The minimum atomic E-state index is -1.35. The summed E-state index contributed by atoms with van der Waals surface area (Å²) in [6.45, 7) is 2.06. The zero-order chi connectivity index (χ0) is 14.5. The van der Waals surface area contributed by atoms with E-state index in [1.54, 1.807) is 13.8 Å². The van der Waals surface area contributed by atoms with Gasteiger partial charge in [-0.15, -0.1) is 0 Å². The van der Waals surface area contributed by atoms with Crippen LogP contribution >= 0.6 is 11.6 Å². The lowest BCUT2D eigenvalue weighted by molar-refractivity contribution is 0.0826. The Morgan fingerprint density at radius 1 is 1.16 bits per heavy atom. The third-order valence-corrected chi connectivity index (χ3v) is 2.38. The van der Waals surface area contributed by atoms with Crippen molar-refractivity contribution in [2.24, 2.45) is 0 Å². The van der Waals surface area contributed by atoms with Gasteiger partial charge in [0.2, 0.25) is 11.2 Å². The monoisotopic (exact) mass is 292 g/mol. The van der Waals surface area contributed by atoms with Crippen LogP contribution < -0.4 is 10.1 Å². The number of nitrogens with one attached hydrogen (secondary N) is 1. The Labute approximate surface area is 115 Å². The molecule has 1 rings (SSSR count). The molecule has 0 aliphatic carbocycles. The number of ether oxygens (including phenoxy) is 1. The molecule has 1 aromatic rings. The van der Waals surface area contributed by atoms with Crippen molar-refractivity contribution in [3.8, 4) is 6.01 Å². The van der Waals surface area contributed by atoms with Crippen LogP contribution in [-0.4, -0.2) is 61.7 Å². The predicted molar refractivity (Wildman–Crippen MR) is 68.2 cm³/mol. The molecule has 0 spiro atoms. The average molecular weight is 293 g/mol. The fraction of sp³-hybridized carbons (Fsp3) is 0.700. The summed E-state index contributed by atoms with van der Waals surface area (Å²) in [7, 11) is 0. The van der Waals surface area contributed by atoms with E-state index in [9.17, 15) is 15.3 Å². The first-order valence-corrected chi connectivity index (χ1v) is 6.01. The van der Waals surface area contributed by atoms with Gasteiger partial charge in [0.15, 0.2) is 0 Å². The van der Waals surface area contributed by atoms with E-state index in [4.69, 9.17) is 16.3 Å². The summed E-state index contributed by atoms with van der Waals surface area (Å²) < 4.78 is 5.28. The first-order chi connectivity index (χ1) is 8.94. The van der Waals surface area contributed by atoms with Crippen molar-refractivity contribution in [1.29, 1.82) is 0 Å². The van der Waals surface area contributed by atoms with Crippen LogP contribution in [0.25, 0.3) is 0 Å². The predicted octanol–water partition coefficient (Wildman–Crippen LogP) is -0.560. The van der Waals surface area contributed by atoms with Crippen LogP contribution in [0.1, 0.15) is 13.8 Å². The maximum Gasteiger partial charge on any atom is 0.322 e. The standard InChI is InChI=1S/C10H17ClN4O4/c1-6(2)19-9-13-7(11)12-8(14-9)15-10(3-16,4-17)5-18/h6,16-18H,3-5H2,1-2H3,(H,12,13,14,15). The van der Waals surface area contributed by atoms with Gasteiger partial charge in [0.05, 0.1) is 25.9 Å². The summed E-state index contributed by atoms with van der Waals surface area (Å²) in [5, 5.41) is 30.1. The molecular weight excluding hydrogens is 276 g/mol. The quantitative estimate of drug-likeness (QED) is 0.528. The lowest BCUT2D eigenvalue weighted by atomic mass is 10.0. The number of rotatable bonds is 7. The summed E-state index contributed by atoms with van der Waals surface area (Å²) in [4.78, 5) is 11.5. The summed E-state index contributed by atoms with van der Waals surface area (Å²) >= 11 is 5.72. The first kappa shape index (κ1) is 15.8. The maximum absolute atomic E-state index is 9.20. The fourth-order valence-corrected chi connectivity index (χ4v) is 1.31. The number of hydrogen-bond acceptors (Lipinski definition) is 8. The zero-order valence-electron chi connectivity index (χ0n) is 10.7. The van der Waals surface area contributed by atoms with Crippen LogP contribution in [-0.2, 0) is 0 Å². The Hall–Kier alpha value is -1.22. The number of halogens is 1. The molecule has 0 amide bonds. The van der Waals surface area contributed by atoms with Crippen LogP contribution in [0.4, 0.5) is 5.95 Å². The second kappa shape index (κ2) is 6.80. The van der Waals surface area contributed by atoms with E-state index >= 15 is 0 Å². The van der Waals surface area contributed by atoms with E-state index in [-0.39, 0.29) is 23.3 Å². The normalized spacial score (nSPS) is 11.7. The SMILES string of the molecule is CC(C)Oc1nc(Cl)nc(NC(CO)(CO)CO)n1. The lowest BCUT2D eigenvalue weighted by Gasteiger charge is -2.28. The van der Waals surface area contributed by atoms with E-state index in [2.05, 4.69) is 20.3 Å². The van der Waals surface area contributed by atoms with Crippen molar-refractivity contribution in [3.63, 3.8) is 0 Å². The Bertz CT molecular complexity index is 406. The largest absolute Gasteiger partial charge is 0.461 e. The van der Waals surface area contributed by atoms with Gasteiger partial charge < -0.3 is 25.4 Å². The van der Waals surface area contributed by atoms with Crippen molar-refractivity contribution in [2.45, 2.75) is 25.5 Å². The molecule has 0 atom stereocenters. The van der Waals surface area contributed by atoms with E-state index < -0.39 is 25.4 Å². The molecule has 8 nitrogen and oxygen atoms in total. The van der Waals surface area contributed by atoms with Gasteiger partial charge in [-0.25, -0.2) is 0 Å². The molecule has 0 aliphatic heterocycles. The summed E-state index contributed by atoms with van der Waals surface area (Å²) in [6.07, 6.45) is -0.149. The van der Waals surface area contributed by atoms with Crippen LogP contribution in [0.5, 0.6) is 6.01 Å². The number of aromatic nitrogens is 3. The molecule has 0 bridgehead atoms. The van der Waals surface area contributed by atoms with E-state index in [1.165, 1.54) is 0 Å². The maximum atomic E-state index is 9.20. The third kappa shape index (κ3) is 4.43. The average Bonchev–Trinajstić information content (AvgIpc) is 2.34. The first-order valence-electron chi connectivity index (χ1n) is 5.63. The van der Waals surface area contributed by atoms with Crippen molar-refractivity contribution in [3.05, 3.63) is 5.28 Å². The number of aliphatic hydroxyl groups is 3. The van der Waals surface area contributed by atoms with Gasteiger partial charge >= 0.3 is 6.01 Å². The molecule has 0 aromatic carbocycles. The third-order valence-electron chi connectivity index (χ3n) is 2.21. The van der Waals surface area contributed by atoms with Crippen LogP contribution in [0.15, 0.2) is 0 Å². The highest BCUT2D eigenvalue weighted by Gasteiger charge is 2.29. The molecule has 0 unspecified atom stereocenters. The van der Waals surface area contributed by atoms with Gasteiger partial charge in [-0.05, 0) is 25.4 Å². The Morgan fingerprint density at radius 2 is 1.74 bits per heavy atom. The van der Waals surface area contributed by atoms with Gasteiger partial charge in [-0.1, -0.05) is 0 Å². The minimum absolute atomic E-state index is 0.00667. The molecule has 4 N–H and O–H groups in total. The van der Waals surface area contributed by atoms with Crippen molar-refractivity contribution in [1.82, 2.24) is 15.0 Å².